The van der Waals surface area contributed by atoms with Crippen LogP contribution in [0, 0.1) is 18.8 Å². The number of piperidine rings is 1. The SMILES string of the molecule is COc1ccccc1CN1CCC(CN(CC(C)C)C(=O)c2sccc2C)CC1. The van der Waals surface area contributed by atoms with Gasteiger partial charge in [-0.1, -0.05) is 32.0 Å². The highest BCUT2D eigenvalue weighted by molar-refractivity contribution is 7.12. The van der Waals surface area contributed by atoms with Crippen molar-refractivity contribution < 1.29 is 9.53 Å². The molecule has 0 atom stereocenters. The van der Waals surface area contributed by atoms with Crippen LogP contribution in [0.4, 0.5) is 0 Å². The van der Waals surface area contributed by atoms with Crippen LogP contribution in [0.5, 0.6) is 5.75 Å². The van der Waals surface area contributed by atoms with Crippen LogP contribution in [0.25, 0.3) is 0 Å². The summed E-state index contributed by atoms with van der Waals surface area (Å²) in [5.41, 5.74) is 2.35. The van der Waals surface area contributed by atoms with E-state index in [4.69, 9.17) is 4.74 Å². The number of hydrogen-bond donors (Lipinski definition) is 0. The Labute approximate surface area is 179 Å². The molecule has 1 aliphatic rings. The molecule has 1 fully saturated rings. The van der Waals surface area contributed by atoms with Crippen molar-refractivity contribution in [2.75, 3.05) is 33.3 Å². The summed E-state index contributed by atoms with van der Waals surface area (Å²) in [5, 5.41) is 2.02. The number of nitrogens with zero attached hydrogens (tertiary/aromatic N) is 2. The molecule has 1 amide bonds. The average Bonchev–Trinajstić information content (AvgIpc) is 3.14. The van der Waals surface area contributed by atoms with Crippen LogP contribution in [0.15, 0.2) is 35.7 Å². The van der Waals surface area contributed by atoms with E-state index in [1.807, 2.05) is 30.5 Å². The Hall–Kier alpha value is -1.85. The number of likely N-dealkylation sites (tertiary alicyclic amines) is 1. The molecule has 29 heavy (non-hydrogen) atoms. The van der Waals surface area contributed by atoms with E-state index < -0.39 is 0 Å². The zero-order valence-corrected chi connectivity index (χ0v) is 19.0. The summed E-state index contributed by atoms with van der Waals surface area (Å²) >= 11 is 1.57. The Morgan fingerprint density at radius 3 is 2.59 bits per heavy atom. The summed E-state index contributed by atoms with van der Waals surface area (Å²) in [6, 6.07) is 10.3. The smallest absolute Gasteiger partial charge is 0.264 e. The van der Waals surface area contributed by atoms with Crippen molar-refractivity contribution in [1.29, 1.82) is 0 Å². The molecule has 2 heterocycles. The molecule has 0 bridgehead atoms. The minimum atomic E-state index is 0.211. The topological polar surface area (TPSA) is 32.8 Å². The predicted octanol–water partition coefficient (Wildman–Crippen LogP) is 5.08. The van der Waals surface area contributed by atoms with Crippen LogP contribution in [0.2, 0.25) is 0 Å². The van der Waals surface area contributed by atoms with E-state index in [-0.39, 0.29) is 5.91 Å². The van der Waals surface area contributed by atoms with Gasteiger partial charge in [-0.15, -0.1) is 11.3 Å². The van der Waals surface area contributed by atoms with Gasteiger partial charge in [0, 0.05) is 25.2 Å². The van der Waals surface area contributed by atoms with Gasteiger partial charge >= 0.3 is 0 Å². The van der Waals surface area contributed by atoms with Gasteiger partial charge in [0.15, 0.2) is 0 Å². The molecule has 0 saturated carbocycles. The van der Waals surface area contributed by atoms with E-state index in [9.17, 15) is 4.79 Å². The zero-order valence-electron chi connectivity index (χ0n) is 18.2. The molecule has 4 nitrogen and oxygen atoms in total. The van der Waals surface area contributed by atoms with Crippen LogP contribution < -0.4 is 4.74 Å². The zero-order chi connectivity index (χ0) is 20.8. The minimum absolute atomic E-state index is 0.211. The van der Waals surface area contributed by atoms with Crippen molar-refractivity contribution in [3.8, 4) is 5.75 Å². The number of thiophene rings is 1. The summed E-state index contributed by atoms with van der Waals surface area (Å²) in [6.07, 6.45) is 2.28. The van der Waals surface area contributed by atoms with Crippen LogP contribution in [-0.2, 0) is 6.54 Å². The van der Waals surface area contributed by atoms with Gasteiger partial charge in [0.1, 0.15) is 5.75 Å². The number of methoxy groups -OCH3 is 1. The minimum Gasteiger partial charge on any atom is -0.496 e. The van der Waals surface area contributed by atoms with Gasteiger partial charge in [-0.05, 0) is 67.8 Å². The molecule has 0 aliphatic carbocycles. The largest absolute Gasteiger partial charge is 0.496 e. The van der Waals surface area contributed by atoms with Crippen molar-refractivity contribution in [2.45, 2.75) is 40.2 Å². The Kier molecular flexibility index (Phi) is 7.73. The highest BCUT2D eigenvalue weighted by atomic mass is 32.1. The standard InChI is InChI=1S/C24H34N2O2S/c1-18(2)15-26(24(27)23-19(3)11-14-29-23)16-20-9-12-25(13-10-20)17-21-7-5-6-8-22(21)28-4/h5-8,11,14,18,20H,9-10,12-13,15-17H2,1-4H3. The molecule has 0 unspecified atom stereocenters. The first-order valence-electron chi connectivity index (χ1n) is 10.7. The third-order valence-corrected chi connectivity index (χ3v) is 6.71. The molecule has 1 aliphatic heterocycles. The average molecular weight is 415 g/mol. The molecule has 0 radical (unpaired) electrons. The molecule has 1 saturated heterocycles. The fourth-order valence-corrected chi connectivity index (χ4v) is 5.02. The van der Waals surface area contributed by atoms with Gasteiger partial charge < -0.3 is 9.64 Å². The van der Waals surface area contributed by atoms with E-state index in [0.717, 1.165) is 61.8 Å². The molecular formula is C24H34N2O2S. The van der Waals surface area contributed by atoms with Gasteiger partial charge in [0.05, 0.1) is 12.0 Å². The number of carbonyl (C=O) groups excluding carboxylic acids is 1. The van der Waals surface area contributed by atoms with Gasteiger partial charge in [-0.3, -0.25) is 9.69 Å². The van der Waals surface area contributed by atoms with Crippen molar-refractivity contribution in [3.05, 3.63) is 51.7 Å². The van der Waals surface area contributed by atoms with Crippen molar-refractivity contribution in [3.63, 3.8) is 0 Å². The molecule has 3 rings (SSSR count). The molecule has 0 spiro atoms. The maximum atomic E-state index is 13.1. The van der Waals surface area contributed by atoms with E-state index >= 15 is 0 Å². The summed E-state index contributed by atoms with van der Waals surface area (Å²) in [4.78, 5) is 18.6. The summed E-state index contributed by atoms with van der Waals surface area (Å²) in [6.45, 7) is 11.2. The third kappa shape index (κ3) is 5.83. The van der Waals surface area contributed by atoms with Gasteiger partial charge in [-0.2, -0.15) is 0 Å². The van der Waals surface area contributed by atoms with Crippen LogP contribution in [0.1, 0.15) is 47.5 Å². The first kappa shape index (κ1) is 21.8. The van der Waals surface area contributed by atoms with E-state index in [1.54, 1.807) is 18.4 Å². The number of para-hydroxylation sites is 1. The van der Waals surface area contributed by atoms with Crippen molar-refractivity contribution in [1.82, 2.24) is 9.80 Å². The summed E-state index contributed by atoms with van der Waals surface area (Å²) < 4.78 is 5.50. The van der Waals surface area contributed by atoms with Crippen LogP contribution >= 0.6 is 11.3 Å². The predicted molar refractivity (Wildman–Crippen MR) is 121 cm³/mol. The highest BCUT2D eigenvalue weighted by Crippen LogP contribution is 2.25. The second-order valence-corrected chi connectivity index (χ2v) is 9.48. The fraction of sp³-hybridized carbons (Fsp3) is 0.542. The molecule has 1 aromatic heterocycles. The fourth-order valence-electron chi connectivity index (χ4n) is 4.13. The highest BCUT2D eigenvalue weighted by Gasteiger charge is 2.26. The second-order valence-electron chi connectivity index (χ2n) is 8.57. The van der Waals surface area contributed by atoms with Gasteiger partial charge in [0.25, 0.3) is 5.91 Å². The number of amides is 1. The number of benzene rings is 1. The maximum Gasteiger partial charge on any atom is 0.264 e. The first-order valence-corrected chi connectivity index (χ1v) is 11.5. The lowest BCUT2D eigenvalue weighted by Gasteiger charge is -2.35. The molecule has 158 valence electrons. The number of rotatable bonds is 8. The molecule has 2 aromatic rings. The first-order chi connectivity index (χ1) is 14.0. The monoisotopic (exact) mass is 414 g/mol. The lowest BCUT2D eigenvalue weighted by atomic mass is 9.95. The Balaban J connectivity index is 1.57. The molecule has 1 aromatic carbocycles. The number of carbonyl (C=O) groups is 1. The van der Waals surface area contributed by atoms with E-state index in [1.165, 1.54) is 5.56 Å². The lowest BCUT2D eigenvalue weighted by molar-refractivity contribution is 0.0667. The molecule has 0 N–H and O–H groups in total. The summed E-state index contributed by atoms with van der Waals surface area (Å²) in [7, 11) is 1.74. The maximum absolute atomic E-state index is 13.1. The van der Waals surface area contributed by atoms with Crippen LogP contribution in [0.3, 0.4) is 0 Å². The van der Waals surface area contributed by atoms with Gasteiger partial charge in [0.2, 0.25) is 0 Å². The van der Waals surface area contributed by atoms with Crippen molar-refractivity contribution >= 4 is 17.2 Å². The summed E-state index contributed by atoms with van der Waals surface area (Å²) in [5.74, 6) is 2.23. The Morgan fingerprint density at radius 2 is 1.97 bits per heavy atom. The van der Waals surface area contributed by atoms with E-state index in [2.05, 4.69) is 35.8 Å². The number of hydrogen-bond acceptors (Lipinski definition) is 4. The number of aryl methyl sites for hydroxylation is 1. The third-order valence-electron chi connectivity index (χ3n) is 5.70. The van der Waals surface area contributed by atoms with E-state index in [0.29, 0.717) is 11.8 Å². The second kappa shape index (κ2) is 10.3. The number of ether oxygens (including phenoxy) is 1. The quantitative estimate of drug-likeness (QED) is 0.604. The van der Waals surface area contributed by atoms with Gasteiger partial charge in [-0.25, -0.2) is 0 Å². The molecular weight excluding hydrogens is 380 g/mol. The Bertz CT molecular complexity index is 794. The molecule has 5 heteroatoms. The lowest BCUT2D eigenvalue weighted by Crippen LogP contribution is -2.42. The van der Waals surface area contributed by atoms with Crippen LogP contribution in [-0.4, -0.2) is 49.0 Å². The normalized spacial score (nSPS) is 15.6. The van der Waals surface area contributed by atoms with Crippen molar-refractivity contribution in [2.24, 2.45) is 11.8 Å². The Morgan fingerprint density at radius 1 is 1.24 bits per heavy atom.